The number of carbonyl (C=O) groups excluding carboxylic acids is 2. The predicted octanol–water partition coefficient (Wildman–Crippen LogP) is 6.29. The van der Waals surface area contributed by atoms with E-state index in [9.17, 15) is 9.59 Å². The molecule has 6 nitrogen and oxygen atoms in total. The number of amides is 1. The van der Waals surface area contributed by atoms with Crippen LogP contribution in [-0.2, 0) is 16.1 Å². The zero-order chi connectivity index (χ0) is 22.4. The third kappa shape index (κ3) is 10.3. The second-order valence-electron chi connectivity index (χ2n) is 9.05. The van der Waals surface area contributed by atoms with Gasteiger partial charge in [0.15, 0.2) is 5.69 Å². The molecule has 0 fully saturated rings. The number of methoxy groups -OCH3 is 1. The molecule has 0 atom stereocenters. The Bertz CT molecular complexity index is 619. The van der Waals surface area contributed by atoms with Gasteiger partial charge in [0.1, 0.15) is 6.26 Å². The van der Waals surface area contributed by atoms with Crippen LogP contribution >= 0.6 is 0 Å². The minimum absolute atomic E-state index is 0.0937. The molecule has 1 aromatic heterocycles. The summed E-state index contributed by atoms with van der Waals surface area (Å²) in [6, 6.07) is 0. The zero-order valence-electron chi connectivity index (χ0n) is 19.8. The molecule has 30 heavy (non-hydrogen) atoms. The molecule has 0 radical (unpaired) electrons. The number of hydrogen-bond donors (Lipinski definition) is 0. The molecule has 1 aromatic rings. The Morgan fingerprint density at radius 3 is 2.00 bits per heavy atom. The van der Waals surface area contributed by atoms with Gasteiger partial charge in [-0.05, 0) is 27.2 Å². The Morgan fingerprint density at radius 1 is 0.967 bits per heavy atom. The normalized spacial score (nSPS) is 11.5. The van der Waals surface area contributed by atoms with Gasteiger partial charge in [-0.1, -0.05) is 71.1 Å². The van der Waals surface area contributed by atoms with Crippen molar-refractivity contribution in [2.45, 2.75) is 117 Å². The quantitative estimate of drug-likeness (QED) is 0.245. The first-order valence-electron chi connectivity index (χ1n) is 11.6. The molecular weight excluding hydrogens is 380 g/mol. The fourth-order valence-corrected chi connectivity index (χ4v) is 3.49. The van der Waals surface area contributed by atoms with E-state index in [-0.39, 0.29) is 23.7 Å². The van der Waals surface area contributed by atoms with Crippen LogP contribution in [0.1, 0.15) is 121 Å². The summed E-state index contributed by atoms with van der Waals surface area (Å²) in [5, 5.41) is 0. The van der Waals surface area contributed by atoms with Crippen LogP contribution in [0.25, 0.3) is 0 Å². The van der Waals surface area contributed by atoms with Crippen LogP contribution in [0, 0.1) is 0 Å². The van der Waals surface area contributed by atoms with Gasteiger partial charge in [-0.25, -0.2) is 9.78 Å². The smallest absolute Gasteiger partial charge is 0.360 e. The Balaban J connectivity index is 2.32. The van der Waals surface area contributed by atoms with E-state index in [0.29, 0.717) is 12.3 Å². The summed E-state index contributed by atoms with van der Waals surface area (Å²) in [4.78, 5) is 30.3. The van der Waals surface area contributed by atoms with E-state index >= 15 is 0 Å². The Labute approximate surface area is 182 Å². The summed E-state index contributed by atoms with van der Waals surface area (Å²) in [7, 11) is 1.30. The molecule has 1 rings (SSSR count). The first-order chi connectivity index (χ1) is 14.3. The lowest BCUT2D eigenvalue weighted by Gasteiger charge is -2.35. The predicted molar refractivity (Wildman–Crippen MR) is 119 cm³/mol. The summed E-state index contributed by atoms with van der Waals surface area (Å²) in [5.41, 5.74) is -0.228. The molecule has 6 heteroatoms. The van der Waals surface area contributed by atoms with Crippen LogP contribution in [0.5, 0.6) is 0 Å². The molecular formula is C24H42N2O4. The van der Waals surface area contributed by atoms with Crippen LogP contribution < -0.4 is 0 Å². The maximum absolute atomic E-state index is 12.8. The molecule has 0 spiro atoms. The largest absolute Gasteiger partial charge is 0.464 e. The number of carbonyl (C=O) groups is 2. The number of ether oxygens (including phenoxy) is 1. The van der Waals surface area contributed by atoms with Crippen LogP contribution in [-0.4, -0.2) is 34.4 Å². The maximum Gasteiger partial charge on any atom is 0.360 e. The van der Waals surface area contributed by atoms with Gasteiger partial charge in [0.25, 0.3) is 0 Å². The van der Waals surface area contributed by atoms with Gasteiger partial charge in [-0.15, -0.1) is 0 Å². The Kier molecular flexibility index (Phi) is 12.4. The van der Waals surface area contributed by atoms with Crippen molar-refractivity contribution < 1.29 is 18.7 Å². The second-order valence-corrected chi connectivity index (χ2v) is 9.05. The molecule has 0 aliphatic rings. The number of rotatable bonds is 15. The molecule has 0 N–H and O–H groups in total. The van der Waals surface area contributed by atoms with Crippen LogP contribution in [0.2, 0.25) is 0 Å². The number of esters is 1. The average Bonchev–Trinajstić information content (AvgIpc) is 3.17. The van der Waals surface area contributed by atoms with Crippen LogP contribution in [0.15, 0.2) is 10.7 Å². The maximum atomic E-state index is 12.8. The van der Waals surface area contributed by atoms with Gasteiger partial charge < -0.3 is 14.1 Å². The third-order valence-electron chi connectivity index (χ3n) is 5.34. The van der Waals surface area contributed by atoms with Gasteiger partial charge in [0, 0.05) is 12.0 Å². The molecule has 0 aliphatic heterocycles. The number of nitrogens with zero attached hydrogens (tertiary/aromatic N) is 2. The topological polar surface area (TPSA) is 72.6 Å². The molecule has 0 aromatic carbocycles. The van der Waals surface area contributed by atoms with Crippen molar-refractivity contribution in [3.63, 3.8) is 0 Å². The van der Waals surface area contributed by atoms with Crippen LogP contribution in [0.4, 0.5) is 0 Å². The summed E-state index contributed by atoms with van der Waals surface area (Å²) in [5.74, 6) is -0.103. The standard InChI is InChI=1S/C24H42N2O4/c1-6-7-8-9-10-11-12-13-14-15-16-17-22(27)26(24(2,3)4)18-21-25-20(19-30-21)23(28)29-5/h19H,6-18H2,1-5H3. The Morgan fingerprint density at radius 2 is 1.50 bits per heavy atom. The van der Waals surface area contributed by atoms with Gasteiger partial charge in [-0.3, -0.25) is 4.79 Å². The highest BCUT2D eigenvalue weighted by atomic mass is 16.5. The van der Waals surface area contributed by atoms with E-state index < -0.39 is 5.97 Å². The van der Waals surface area contributed by atoms with Crippen molar-refractivity contribution >= 4 is 11.9 Å². The van der Waals surface area contributed by atoms with Crippen molar-refractivity contribution in [2.75, 3.05) is 7.11 Å². The third-order valence-corrected chi connectivity index (χ3v) is 5.34. The van der Waals surface area contributed by atoms with E-state index in [0.717, 1.165) is 12.8 Å². The molecule has 0 bridgehead atoms. The van der Waals surface area contributed by atoms with Gasteiger partial charge in [0.2, 0.25) is 11.8 Å². The zero-order valence-corrected chi connectivity index (χ0v) is 19.8. The molecule has 0 unspecified atom stereocenters. The van der Waals surface area contributed by atoms with E-state index in [4.69, 9.17) is 4.42 Å². The molecule has 1 amide bonds. The lowest BCUT2D eigenvalue weighted by molar-refractivity contribution is -0.137. The van der Waals surface area contributed by atoms with Crippen LogP contribution in [0.3, 0.4) is 0 Å². The monoisotopic (exact) mass is 422 g/mol. The fraction of sp³-hybridized carbons (Fsp3) is 0.792. The van der Waals surface area contributed by atoms with E-state index in [1.165, 1.54) is 71.2 Å². The van der Waals surface area contributed by atoms with Gasteiger partial charge in [0.05, 0.1) is 13.7 Å². The SMILES string of the molecule is CCCCCCCCCCCCCC(=O)N(Cc1nc(C(=O)OC)co1)C(C)(C)C. The highest BCUT2D eigenvalue weighted by Crippen LogP contribution is 2.20. The minimum atomic E-state index is -0.542. The number of aromatic nitrogens is 1. The lowest BCUT2D eigenvalue weighted by atomic mass is 10.0. The first kappa shape index (κ1) is 26.2. The van der Waals surface area contributed by atoms with Crippen molar-refractivity contribution in [3.05, 3.63) is 17.8 Å². The van der Waals surface area contributed by atoms with Crippen molar-refractivity contribution in [2.24, 2.45) is 0 Å². The van der Waals surface area contributed by atoms with Crippen molar-refractivity contribution in [1.82, 2.24) is 9.88 Å². The summed E-state index contributed by atoms with van der Waals surface area (Å²) < 4.78 is 10.0. The van der Waals surface area contributed by atoms with Crippen molar-refractivity contribution in [1.29, 1.82) is 0 Å². The molecule has 1 heterocycles. The molecule has 0 saturated carbocycles. The molecule has 0 saturated heterocycles. The highest BCUT2D eigenvalue weighted by molar-refractivity contribution is 5.86. The highest BCUT2D eigenvalue weighted by Gasteiger charge is 2.28. The molecule has 172 valence electrons. The summed E-state index contributed by atoms with van der Waals surface area (Å²) >= 11 is 0. The first-order valence-corrected chi connectivity index (χ1v) is 11.6. The fourth-order valence-electron chi connectivity index (χ4n) is 3.49. The summed E-state index contributed by atoms with van der Waals surface area (Å²) in [6.07, 6.45) is 15.7. The second kappa shape index (κ2) is 14.2. The van der Waals surface area contributed by atoms with Gasteiger partial charge in [-0.2, -0.15) is 0 Å². The summed E-state index contributed by atoms with van der Waals surface area (Å²) in [6.45, 7) is 8.48. The number of hydrogen-bond acceptors (Lipinski definition) is 5. The lowest BCUT2D eigenvalue weighted by Crippen LogP contribution is -2.45. The van der Waals surface area contributed by atoms with E-state index in [1.54, 1.807) is 4.90 Å². The van der Waals surface area contributed by atoms with E-state index in [2.05, 4.69) is 16.6 Å². The van der Waals surface area contributed by atoms with E-state index in [1.807, 2.05) is 20.8 Å². The molecule has 0 aliphatic carbocycles. The minimum Gasteiger partial charge on any atom is -0.464 e. The number of unbranched alkanes of at least 4 members (excludes halogenated alkanes) is 10. The average molecular weight is 423 g/mol. The van der Waals surface area contributed by atoms with Gasteiger partial charge >= 0.3 is 5.97 Å². The Hall–Kier alpha value is -1.85. The van der Waals surface area contributed by atoms with Crippen molar-refractivity contribution in [3.8, 4) is 0 Å². The number of oxazole rings is 1.